The first-order chi connectivity index (χ1) is 14.4. The van der Waals surface area contributed by atoms with Crippen molar-refractivity contribution in [1.29, 1.82) is 0 Å². The number of halogens is 1. The number of aryl methyl sites for hydroxylation is 1. The zero-order valence-electron chi connectivity index (χ0n) is 16.1. The van der Waals surface area contributed by atoms with Crippen LogP contribution in [-0.2, 0) is 24.8 Å². The molecule has 30 heavy (non-hydrogen) atoms. The van der Waals surface area contributed by atoms with E-state index in [2.05, 4.69) is 22.1 Å². The maximum atomic E-state index is 12.3. The molecule has 1 N–H and O–H groups in total. The molecule has 0 saturated carbocycles. The van der Waals surface area contributed by atoms with Crippen molar-refractivity contribution < 1.29 is 9.72 Å². The van der Waals surface area contributed by atoms with E-state index in [4.69, 9.17) is 11.6 Å². The van der Waals surface area contributed by atoms with Crippen LogP contribution in [0.2, 0.25) is 5.02 Å². The van der Waals surface area contributed by atoms with Gasteiger partial charge in [0.25, 0.3) is 5.69 Å². The van der Waals surface area contributed by atoms with Crippen LogP contribution in [0.4, 0.5) is 11.4 Å². The van der Waals surface area contributed by atoms with Gasteiger partial charge in [0.1, 0.15) is 10.8 Å². The number of amides is 1. The summed E-state index contributed by atoms with van der Waals surface area (Å²) >= 11 is 7.02. The number of nitrogens with one attached hydrogen (secondary N) is 1. The van der Waals surface area contributed by atoms with Crippen LogP contribution in [-0.4, -0.2) is 35.9 Å². The first-order valence-corrected chi connectivity index (χ1v) is 10.2. The number of anilines is 1. The summed E-state index contributed by atoms with van der Waals surface area (Å²) in [6.45, 7) is 4.29. The summed E-state index contributed by atoms with van der Waals surface area (Å²) in [4.78, 5) is 22.7. The minimum absolute atomic E-state index is 0.00986. The molecule has 3 rings (SSSR count). The van der Waals surface area contributed by atoms with Gasteiger partial charge in [0, 0.05) is 43.7 Å². The normalized spacial score (nSPS) is 10.7. The van der Waals surface area contributed by atoms with Gasteiger partial charge in [-0.2, -0.15) is 0 Å². The van der Waals surface area contributed by atoms with E-state index in [9.17, 15) is 14.9 Å². The number of thioether (sulfide) groups is 1. The molecule has 0 aliphatic heterocycles. The summed E-state index contributed by atoms with van der Waals surface area (Å²) in [6.07, 6.45) is 4.31. The summed E-state index contributed by atoms with van der Waals surface area (Å²) in [5, 5.41) is 22.7. The molecule has 0 saturated heterocycles. The molecule has 1 aromatic carbocycles. The second-order valence-corrected chi connectivity index (χ2v) is 7.70. The zero-order valence-corrected chi connectivity index (χ0v) is 17.7. The Balaban J connectivity index is 1.67. The van der Waals surface area contributed by atoms with E-state index < -0.39 is 4.92 Å². The average molecular weight is 447 g/mol. The summed E-state index contributed by atoms with van der Waals surface area (Å²) in [5.74, 6) is 0.511. The molecule has 0 bridgehead atoms. The SMILES string of the molecule is C=CCn1c(Cc2cccn2C)nnc1SCC(=O)Nc1ccc(Cl)c([N+](=O)[O-])c1. The van der Waals surface area contributed by atoms with Crippen molar-refractivity contribution in [2.75, 3.05) is 11.1 Å². The van der Waals surface area contributed by atoms with Gasteiger partial charge in [-0.15, -0.1) is 16.8 Å². The van der Waals surface area contributed by atoms with Crippen molar-refractivity contribution in [3.63, 3.8) is 0 Å². The van der Waals surface area contributed by atoms with Gasteiger partial charge in [-0.05, 0) is 24.3 Å². The van der Waals surface area contributed by atoms with Crippen molar-refractivity contribution in [2.45, 2.75) is 18.1 Å². The Kier molecular flexibility index (Phi) is 6.91. The Hall–Kier alpha value is -3.11. The van der Waals surface area contributed by atoms with Crippen LogP contribution < -0.4 is 5.32 Å². The highest BCUT2D eigenvalue weighted by atomic mass is 35.5. The van der Waals surface area contributed by atoms with Gasteiger partial charge < -0.3 is 14.5 Å². The number of carbonyl (C=O) groups excluding carboxylic acids is 1. The first-order valence-electron chi connectivity index (χ1n) is 8.88. The van der Waals surface area contributed by atoms with E-state index in [1.54, 1.807) is 6.08 Å². The molecule has 0 atom stereocenters. The standard InChI is InChI=1S/C19H19ClN6O3S/c1-3-8-25-17(11-14-5-4-9-24(14)2)22-23-19(25)30-12-18(27)21-13-6-7-15(20)16(10-13)26(28)29/h3-7,9-10H,1,8,11-12H2,2H3,(H,21,27). The van der Waals surface area contributed by atoms with Crippen LogP contribution in [0.15, 0.2) is 54.3 Å². The highest BCUT2D eigenvalue weighted by Crippen LogP contribution is 2.27. The second-order valence-electron chi connectivity index (χ2n) is 6.35. The van der Waals surface area contributed by atoms with Gasteiger partial charge in [-0.25, -0.2) is 0 Å². The maximum Gasteiger partial charge on any atom is 0.289 e. The number of hydrogen-bond acceptors (Lipinski definition) is 6. The Morgan fingerprint density at radius 2 is 2.20 bits per heavy atom. The van der Waals surface area contributed by atoms with Crippen LogP contribution in [0.25, 0.3) is 0 Å². The zero-order chi connectivity index (χ0) is 21.7. The van der Waals surface area contributed by atoms with Gasteiger partial charge in [0.05, 0.1) is 10.7 Å². The lowest BCUT2D eigenvalue weighted by molar-refractivity contribution is -0.384. The quantitative estimate of drug-likeness (QED) is 0.232. The van der Waals surface area contributed by atoms with E-state index in [-0.39, 0.29) is 22.4 Å². The monoisotopic (exact) mass is 446 g/mol. The van der Waals surface area contributed by atoms with Crippen molar-refractivity contribution in [3.05, 3.63) is 75.8 Å². The molecule has 0 fully saturated rings. The van der Waals surface area contributed by atoms with Crippen LogP contribution in [0.1, 0.15) is 11.5 Å². The van der Waals surface area contributed by atoms with Gasteiger partial charge in [0.15, 0.2) is 5.16 Å². The lowest BCUT2D eigenvalue weighted by Gasteiger charge is -2.09. The topological polar surface area (TPSA) is 108 Å². The number of nitro benzene ring substituents is 1. The van der Waals surface area contributed by atoms with Gasteiger partial charge in [0.2, 0.25) is 5.91 Å². The largest absolute Gasteiger partial charge is 0.354 e. The number of benzene rings is 1. The van der Waals surface area contributed by atoms with Crippen molar-refractivity contribution in [1.82, 2.24) is 19.3 Å². The molecule has 2 aromatic heterocycles. The number of carbonyl (C=O) groups is 1. The highest BCUT2D eigenvalue weighted by molar-refractivity contribution is 7.99. The summed E-state index contributed by atoms with van der Waals surface area (Å²) in [7, 11) is 1.96. The minimum atomic E-state index is -0.598. The average Bonchev–Trinajstić information content (AvgIpc) is 3.28. The van der Waals surface area contributed by atoms with E-state index in [0.29, 0.717) is 23.8 Å². The Morgan fingerprint density at radius 3 is 2.87 bits per heavy atom. The Labute approximate surface area is 181 Å². The van der Waals surface area contributed by atoms with Crippen LogP contribution in [0.5, 0.6) is 0 Å². The highest BCUT2D eigenvalue weighted by Gasteiger charge is 2.16. The molecule has 156 valence electrons. The number of hydrogen-bond donors (Lipinski definition) is 1. The fourth-order valence-corrected chi connectivity index (χ4v) is 3.72. The van der Waals surface area contributed by atoms with Crippen LogP contribution in [0.3, 0.4) is 0 Å². The summed E-state index contributed by atoms with van der Waals surface area (Å²) < 4.78 is 3.92. The number of nitrogens with zero attached hydrogens (tertiary/aromatic N) is 5. The van der Waals surface area contributed by atoms with Crippen molar-refractivity contribution >= 4 is 40.6 Å². The molecular weight excluding hydrogens is 428 g/mol. The smallest absolute Gasteiger partial charge is 0.289 e. The maximum absolute atomic E-state index is 12.3. The third-order valence-electron chi connectivity index (χ3n) is 4.25. The second kappa shape index (κ2) is 9.59. The van der Waals surface area contributed by atoms with Gasteiger partial charge >= 0.3 is 0 Å². The van der Waals surface area contributed by atoms with Crippen LogP contribution >= 0.6 is 23.4 Å². The molecule has 0 aliphatic rings. The fraction of sp³-hybridized carbons (Fsp3) is 0.211. The molecule has 9 nitrogen and oxygen atoms in total. The Bertz CT molecular complexity index is 1090. The van der Waals surface area contributed by atoms with Gasteiger partial charge in [-0.1, -0.05) is 29.4 Å². The molecule has 1 amide bonds. The van der Waals surface area contributed by atoms with E-state index in [0.717, 1.165) is 11.5 Å². The van der Waals surface area contributed by atoms with E-state index in [1.165, 1.54) is 30.0 Å². The molecule has 0 unspecified atom stereocenters. The van der Waals surface area contributed by atoms with Gasteiger partial charge in [-0.3, -0.25) is 14.9 Å². The Morgan fingerprint density at radius 1 is 1.40 bits per heavy atom. The molecular formula is C19H19ClN6O3S. The molecule has 3 aromatic rings. The number of allylic oxidation sites excluding steroid dienone is 1. The summed E-state index contributed by atoms with van der Waals surface area (Å²) in [6, 6.07) is 8.08. The molecule has 11 heteroatoms. The number of aromatic nitrogens is 4. The van der Waals surface area contributed by atoms with Crippen molar-refractivity contribution in [2.24, 2.45) is 7.05 Å². The molecule has 2 heterocycles. The first kappa shape index (κ1) is 21.6. The lowest BCUT2D eigenvalue weighted by Crippen LogP contribution is -2.15. The fourth-order valence-electron chi connectivity index (χ4n) is 2.77. The lowest BCUT2D eigenvalue weighted by atomic mass is 10.3. The predicted octanol–water partition coefficient (Wildman–Crippen LogP) is 3.69. The van der Waals surface area contributed by atoms with E-state index in [1.807, 2.05) is 34.5 Å². The number of nitro groups is 1. The third kappa shape index (κ3) is 5.08. The van der Waals surface area contributed by atoms with Crippen LogP contribution in [0, 0.1) is 10.1 Å². The summed E-state index contributed by atoms with van der Waals surface area (Å²) in [5.41, 5.74) is 1.12. The molecule has 0 radical (unpaired) electrons. The predicted molar refractivity (Wildman–Crippen MR) is 116 cm³/mol. The van der Waals surface area contributed by atoms with Crippen molar-refractivity contribution in [3.8, 4) is 0 Å². The minimum Gasteiger partial charge on any atom is -0.354 e. The van der Waals surface area contributed by atoms with E-state index >= 15 is 0 Å². The molecule has 0 aliphatic carbocycles. The third-order valence-corrected chi connectivity index (χ3v) is 5.54. The molecule has 0 spiro atoms. The number of rotatable bonds is 9.